The molecule has 0 saturated heterocycles. The summed E-state index contributed by atoms with van der Waals surface area (Å²) in [7, 11) is 0. The van der Waals surface area contributed by atoms with Gasteiger partial charge >= 0.3 is 0 Å². The predicted molar refractivity (Wildman–Crippen MR) is 91.1 cm³/mol. The lowest BCUT2D eigenvalue weighted by atomic mass is 9.74. The molecule has 2 rings (SSSR count). The van der Waals surface area contributed by atoms with Crippen molar-refractivity contribution in [2.45, 2.75) is 45.1 Å². The van der Waals surface area contributed by atoms with Crippen LogP contribution in [0.25, 0.3) is 0 Å². The summed E-state index contributed by atoms with van der Waals surface area (Å²) in [6.07, 6.45) is 3.86. The highest BCUT2D eigenvalue weighted by Gasteiger charge is 2.37. The van der Waals surface area contributed by atoms with Gasteiger partial charge in [-0.25, -0.2) is 0 Å². The Morgan fingerprint density at radius 1 is 1.26 bits per heavy atom. The lowest BCUT2D eigenvalue weighted by molar-refractivity contribution is -0.128. The zero-order chi connectivity index (χ0) is 16.9. The molecule has 0 radical (unpaired) electrons. The molecule has 5 nitrogen and oxygen atoms in total. The Morgan fingerprint density at radius 3 is 2.70 bits per heavy atom. The Balaban J connectivity index is 1.74. The molecule has 23 heavy (non-hydrogen) atoms. The van der Waals surface area contributed by atoms with Crippen LogP contribution in [0.4, 0.5) is 0 Å². The Bertz CT molecular complexity index is 569. The van der Waals surface area contributed by atoms with Gasteiger partial charge < -0.3 is 16.4 Å². The molecule has 1 saturated carbocycles. The topological polar surface area (TPSA) is 84.2 Å². The summed E-state index contributed by atoms with van der Waals surface area (Å²) >= 11 is 0. The molecule has 0 aromatic heterocycles. The van der Waals surface area contributed by atoms with Gasteiger partial charge in [-0.05, 0) is 38.8 Å². The second kappa shape index (κ2) is 7.59. The SMILES string of the molecule is Cc1cccc(C(=O)NCCNC(=O)C2CCCCC2(C)N)c1. The molecule has 0 spiro atoms. The first kappa shape index (κ1) is 17.5. The van der Waals surface area contributed by atoms with E-state index in [1.165, 1.54) is 0 Å². The fourth-order valence-corrected chi connectivity index (χ4v) is 3.16. The number of carbonyl (C=O) groups excluding carboxylic acids is 2. The van der Waals surface area contributed by atoms with Crippen LogP contribution < -0.4 is 16.4 Å². The summed E-state index contributed by atoms with van der Waals surface area (Å²) in [6.45, 7) is 4.73. The van der Waals surface area contributed by atoms with Crippen molar-refractivity contribution in [3.8, 4) is 0 Å². The van der Waals surface area contributed by atoms with Gasteiger partial charge in [0.05, 0.1) is 5.92 Å². The fourth-order valence-electron chi connectivity index (χ4n) is 3.16. The first-order valence-corrected chi connectivity index (χ1v) is 8.31. The number of amides is 2. The standard InChI is InChI=1S/C18H27N3O2/c1-13-6-5-7-14(12-13)16(22)20-10-11-21-17(23)15-8-3-4-9-18(15,2)19/h5-7,12,15H,3-4,8-11,19H2,1-2H3,(H,20,22)(H,21,23). The van der Waals surface area contributed by atoms with Crippen molar-refractivity contribution in [3.63, 3.8) is 0 Å². The summed E-state index contributed by atoms with van der Waals surface area (Å²) in [5.74, 6) is -0.257. The summed E-state index contributed by atoms with van der Waals surface area (Å²) in [6, 6.07) is 7.43. The molecule has 4 N–H and O–H groups in total. The van der Waals surface area contributed by atoms with Crippen LogP contribution >= 0.6 is 0 Å². The third kappa shape index (κ3) is 4.79. The highest BCUT2D eigenvalue weighted by atomic mass is 16.2. The Morgan fingerprint density at radius 2 is 2.00 bits per heavy atom. The van der Waals surface area contributed by atoms with E-state index in [9.17, 15) is 9.59 Å². The number of nitrogens with two attached hydrogens (primary N) is 1. The molecular formula is C18H27N3O2. The lowest BCUT2D eigenvalue weighted by Gasteiger charge is -2.37. The summed E-state index contributed by atoms with van der Waals surface area (Å²) in [4.78, 5) is 24.3. The third-order valence-corrected chi connectivity index (χ3v) is 4.56. The van der Waals surface area contributed by atoms with Gasteiger partial charge in [0.1, 0.15) is 0 Å². The molecule has 0 heterocycles. The molecule has 1 aromatic carbocycles. The van der Waals surface area contributed by atoms with Gasteiger partial charge in [-0.15, -0.1) is 0 Å². The zero-order valence-corrected chi connectivity index (χ0v) is 14.0. The first-order chi connectivity index (χ1) is 10.9. The average molecular weight is 317 g/mol. The average Bonchev–Trinajstić information content (AvgIpc) is 2.50. The minimum absolute atomic E-state index is 0.000459. The highest BCUT2D eigenvalue weighted by molar-refractivity contribution is 5.94. The second-order valence-corrected chi connectivity index (χ2v) is 6.72. The largest absolute Gasteiger partial charge is 0.354 e. The van der Waals surface area contributed by atoms with E-state index in [2.05, 4.69) is 10.6 Å². The maximum atomic E-state index is 12.3. The van der Waals surface area contributed by atoms with E-state index in [-0.39, 0.29) is 17.7 Å². The van der Waals surface area contributed by atoms with E-state index < -0.39 is 5.54 Å². The number of hydrogen-bond donors (Lipinski definition) is 3. The monoisotopic (exact) mass is 317 g/mol. The van der Waals surface area contributed by atoms with E-state index in [0.29, 0.717) is 18.7 Å². The zero-order valence-electron chi connectivity index (χ0n) is 14.0. The van der Waals surface area contributed by atoms with Crippen LogP contribution in [0.5, 0.6) is 0 Å². The maximum Gasteiger partial charge on any atom is 0.251 e. The molecular weight excluding hydrogens is 290 g/mol. The minimum Gasteiger partial charge on any atom is -0.354 e. The van der Waals surface area contributed by atoms with Crippen molar-refractivity contribution in [2.24, 2.45) is 11.7 Å². The van der Waals surface area contributed by atoms with Crippen LogP contribution in [0, 0.1) is 12.8 Å². The predicted octanol–water partition coefficient (Wildman–Crippen LogP) is 1.75. The molecule has 0 bridgehead atoms. The molecule has 126 valence electrons. The van der Waals surface area contributed by atoms with Crippen molar-refractivity contribution in [2.75, 3.05) is 13.1 Å². The summed E-state index contributed by atoms with van der Waals surface area (Å²) in [5, 5.41) is 5.71. The molecule has 5 heteroatoms. The van der Waals surface area contributed by atoms with Crippen molar-refractivity contribution < 1.29 is 9.59 Å². The molecule has 1 aromatic rings. The van der Waals surface area contributed by atoms with Gasteiger partial charge in [0.15, 0.2) is 0 Å². The number of nitrogens with one attached hydrogen (secondary N) is 2. The lowest BCUT2D eigenvalue weighted by Crippen LogP contribution is -2.53. The molecule has 2 unspecified atom stereocenters. The highest BCUT2D eigenvalue weighted by Crippen LogP contribution is 2.31. The first-order valence-electron chi connectivity index (χ1n) is 8.31. The van der Waals surface area contributed by atoms with Gasteiger partial charge in [0.25, 0.3) is 5.91 Å². The molecule has 2 atom stereocenters. The van der Waals surface area contributed by atoms with Gasteiger partial charge in [0.2, 0.25) is 5.91 Å². The van der Waals surface area contributed by atoms with E-state index in [1.807, 2.05) is 32.0 Å². The molecule has 1 aliphatic carbocycles. The Hall–Kier alpha value is -1.88. The van der Waals surface area contributed by atoms with E-state index in [1.54, 1.807) is 6.07 Å². The maximum absolute atomic E-state index is 12.3. The minimum atomic E-state index is -0.423. The van der Waals surface area contributed by atoms with Crippen LogP contribution in [0.2, 0.25) is 0 Å². The van der Waals surface area contributed by atoms with Gasteiger partial charge in [-0.3, -0.25) is 9.59 Å². The number of hydrogen-bond acceptors (Lipinski definition) is 3. The van der Waals surface area contributed by atoms with Crippen molar-refractivity contribution >= 4 is 11.8 Å². The van der Waals surface area contributed by atoms with Crippen molar-refractivity contribution in [1.82, 2.24) is 10.6 Å². The van der Waals surface area contributed by atoms with Crippen LogP contribution in [0.3, 0.4) is 0 Å². The quantitative estimate of drug-likeness (QED) is 0.723. The summed E-state index contributed by atoms with van der Waals surface area (Å²) < 4.78 is 0. The van der Waals surface area contributed by atoms with Crippen LogP contribution in [-0.2, 0) is 4.79 Å². The van der Waals surface area contributed by atoms with Gasteiger partial charge in [-0.1, -0.05) is 30.5 Å². The van der Waals surface area contributed by atoms with E-state index in [0.717, 1.165) is 31.2 Å². The number of benzene rings is 1. The number of carbonyl (C=O) groups is 2. The molecule has 0 aliphatic heterocycles. The number of rotatable bonds is 5. The smallest absolute Gasteiger partial charge is 0.251 e. The van der Waals surface area contributed by atoms with E-state index in [4.69, 9.17) is 5.73 Å². The Labute approximate surface area is 138 Å². The van der Waals surface area contributed by atoms with Gasteiger partial charge in [0, 0.05) is 24.2 Å². The Kier molecular flexibility index (Phi) is 5.77. The molecule has 1 fully saturated rings. The normalized spacial score (nSPS) is 24.0. The van der Waals surface area contributed by atoms with E-state index >= 15 is 0 Å². The summed E-state index contributed by atoms with van der Waals surface area (Å²) in [5.41, 5.74) is 7.50. The van der Waals surface area contributed by atoms with Crippen LogP contribution in [-0.4, -0.2) is 30.4 Å². The van der Waals surface area contributed by atoms with Gasteiger partial charge in [-0.2, -0.15) is 0 Å². The third-order valence-electron chi connectivity index (χ3n) is 4.56. The van der Waals surface area contributed by atoms with Crippen molar-refractivity contribution in [1.29, 1.82) is 0 Å². The van der Waals surface area contributed by atoms with Crippen LogP contribution in [0.1, 0.15) is 48.5 Å². The molecule has 1 aliphatic rings. The van der Waals surface area contributed by atoms with Crippen LogP contribution in [0.15, 0.2) is 24.3 Å². The fraction of sp³-hybridized carbons (Fsp3) is 0.556. The van der Waals surface area contributed by atoms with Crippen molar-refractivity contribution in [3.05, 3.63) is 35.4 Å². The second-order valence-electron chi connectivity index (χ2n) is 6.72. The number of aryl methyl sites for hydroxylation is 1. The molecule has 2 amide bonds.